The van der Waals surface area contributed by atoms with Crippen LogP contribution in [0.5, 0.6) is 5.75 Å². The van der Waals surface area contributed by atoms with E-state index in [1.54, 1.807) is 12.1 Å². The Morgan fingerprint density at radius 1 is 1.16 bits per heavy atom. The highest BCUT2D eigenvalue weighted by Crippen LogP contribution is 2.18. The molecule has 0 aliphatic carbocycles. The molecule has 0 radical (unpaired) electrons. The molecule has 162 valence electrons. The van der Waals surface area contributed by atoms with Crippen molar-refractivity contribution in [2.75, 3.05) is 13.2 Å². The molecule has 1 saturated heterocycles. The topological polar surface area (TPSA) is 65.4 Å². The van der Waals surface area contributed by atoms with Gasteiger partial charge in [-0.3, -0.25) is 9.48 Å². The van der Waals surface area contributed by atoms with Crippen LogP contribution in [-0.2, 0) is 17.8 Å². The van der Waals surface area contributed by atoms with Crippen LogP contribution in [0.2, 0.25) is 0 Å². The van der Waals surface area contributed by atoms with Crippen molar-refractivity contribution in [3.8, 4) is 5.75 Å². The van der Waals surface area contributed by atoms with Crippen LogP contribution >= 0.6 is 0 Å². The summed E-state index contributed by atoms with van der Waals surface area (Å²) in [6.45, 7) is 6.56. The van der Waals surface area contributed by atoms with E-state index >= 15 is 0 Å². The summed E-state index contributed by atoms with van der Waals surface area (Å²) in [5, 5.41) is 7.68. The number of ether oxygens (including phenoxy) is 2. The zero-order valence-electron chi connectivity index (χ0n) is 18.1. The second kappa shape index (κ2) is 9.79. The Morgan fingerprint density at radius 3 is 2.65 bits per heavy atom. The minimum atomic E-state index is -0.111. The normalized spacial score (nSPS) is 15.7. The fourth-order valence-corrected chi connectivity index (χ4v) is 3.84. The van der Waals surface area contributed by atoms with Crippen molar-refractivity contribution in [3.05, 3.63) is 82.7 Å². The molecule has 1 aromatic heterocycles. The third kappa shape index (κ3) is 5.33. The first-order valence-corrected chi connectivity index (χ1v) is 10.8. The van der Waals surface area contributed by atoms with Crippen molar-refractivity contribution in [3.63, 3.8) is 0 Å². The van der Waals surface area contributed by atoms with Gasteiger partial charge in [-0.1, -0.05) is 30.3 Å². The molecule has 2 aromatic carbocycles. The van der Waals surface area contributed by atoms with Crippen LogP contribution in [-0.4, -0.2) is 35.0 Å². The highest BCUT2D eigenvalue weighted by Gasteiger charge is 2.16. The van der Waals surface area contributed by atoms with E-state index in [9.17, 15) is 4.79 Å². The minimum Gasteiger partial charge on any atom is -0.491 e. The van der Waals surface area contributed by atoms with Crippen LogP contribution in [0.25, 0.3) is 0 Å². The predicted molar refractivity (Wildman–Crippen MR) is 119 cm³/mol. The minimum absolute atomic E-state index is 0.111. The predicted octanol–water partition coefficient (Wildman–Crippen LogP) is 4.04. The molecule has 4 rings (SSSR count). The molecule has 0 bridgehead atoms. The summed E-state index contributed by atoms with van der Waals surface area (Å²) in [7, 11) is 0. The van der Waals surface area contributed by atoms with Crippen molar-refractivity contribution in [2.45, 2.75) is 45.9 Å². The van der Waals surface area contributed by atoms with Crippen molar-refractivity contribution in [2.24, 2.45) is 0 Å². The molecular weight excluding hydrogens is 390 g/mol. The molecule has 6 heteroatoms. The van der Waals surface area contributed by atoms with Gasteiger partial charge in [0.1, 0.15) is 12.4 Å². The lowest BCUT2D eigenvalue weighted by Crippen LogP contribution is -2.23. The van der Waals surface area contributed by atoms with E-state index in [4.69, 9.17) is 9.47 Å². The average molecular weight is 420 g/mol. The maximum absolute atomic E-state index is 12.6. The van der Waals surface area contributed by atoms with Gasteiger partial charge >= 0.3 is 0 Å². The fourth-order valence-electron chi connectivity index (χ4n) is 3.84. The molecule has 1 atom stereocenters. The third-order valence-corrected chi connectivity index (χ3v) is 5.71. The second-order valence-electron chi connectivity index (χ2n) is 7.95. The van der Waals surface area contributed by atoms with E-state index in [1.807, 2.05) is 48.9 Å². The molecular formula is C25H29N3O3. The van der Waals surface area contributed by atoms with Gasteiger partial charge in [-0.05, 0) is 56.5 Å². The van der Waals surface area contributed by atoms with Crippen LogP contribution in [0.3, 0.4) is 0 Å². The van der Waals surface area contributed by atoms with Gasteiger partial charge in [-0.25, -0.2) is 0 Å². The number of aryl methyl sites for hydroxylation is 1. The second-order valence-corrected chi connectivity index (χ2v) is 7.95. The standard InChI is InChI=1S/C25H29N3O3/c1-18-24(19(2)28(27-18)16-20-7-4-3-5-8-20)15-26-25(29)21-10-12-22(13-11-21)31-17-23-9-6-14-30-23/h3-5,7-8,10-13,23H,6,9,14-17H2,1-2H3,(H,26,29). The summed E-state index contributed by atoms with van der Waals surface area (Å²) in [5.41, 5.74) is 4.87. The van der Waals surface area contributed by atoms with Crippen molar-refractivity contribution in [1.82, 2.24) is 15.1 Å². The Balaban J connectivity index is 1.33. The highest BCUT2D eigenvalue weighted by atomic mass is 16.5. The molecule has 1 fully saturated rings. The van der Waals surface area contributed by atoms with Gasteiger partial charge in [0.2, 0.25) is 0 Å². The maximum Gasteiger partial charge on any atom is 0.251 e. The van der Waals surface area contributed by atoms with E-state index in [0.717, 1.165) is 48.7 Å². The van der Waals surface area contributed by atoms with Gasteiger partial charge in [-0.2, -0.15) is 5.10 Å². The lowest BCUT2D eigenvalue weighted by molar-refractivity contribution is 0.0679. The summed E-state index contributed by atoms with van der Waals surface area (Å²) in [4.78, 5) is 12.6. The largest absolute Gasteiger partial charge is 0.491 e. The van der Waals surface area contributed by atoms with Gasteiger partial charge in [0.05, 0.1) is 18.3 Å². The highest BCUT2D eigenvalue weighted by molar-refractivity contribution is 5.94. The van der Waals surface area contributed by atoms with Crippen molar-refractivity contribution in [1.29, 1.82) is 0 Å². The molecule has 1 amide bonds. The van der Waals surface area contributed by atoms with Crippen LogP contribution in [0, 0.1) is 13.8 Å². The number of hydrogen-bond acceptors (Lipinski definition) is 4. The third-order valence-electron chi connectivity index (χ3n) is 5.71. The first kappa shape index (κ1) is 21.1. The Kier molecular flexibility index (Phi) is 6.67. The van der Waals surface area contributed by atoms with Gasteiger partial charge in [0, 0.05) is 30.0 Å². The average Bonchev–Trinajstić information content (AvgIpc) is 3.40. The summed E-state index contributed by atoms with van der Waals surface area (Å²) < 4.78 is 13.3. The quantitative estimate of drug-likeness (QED) is 0.599. The number of aromatic nitrogens is 2. The molecule has 1 unspecified atom stereocenters. The Hall–Kier alpha value is -3.12. The van der Waals surface area contributed by atoms with E-state index in [1.165, 1.54) is 5.56 Å². The SMILES string of the molecule is Cc1nn(Cc2ccccc2)c(C)c1CNC(=O)c1ccc(OCC2CCCO2)cc1. The number of nitrogens with zero attached hydrogens (tertiary/aromatic N) is 2. The Bertz CT molecular complexity index is 1010. The smallest absolute Gasteiger partial charge is 0.251 e. The monoisotopic (exact) mass is 419 g/mol. The molecule has 31 heavy (non-hydrogen) atoms. The number of carbonyl (C=O) groups excluding carboxylic acids is 1. The molecule has 1 aliphatic heterocycles. The number of carbonyl (C=O) groups is 1. The van der Waals surface area contributed by atoms with Crippen molar-refractivity contribution < 1.29 is 14.3 Å². The Morgan fingerprint density at radius 2 is 1.94 bits per heavy atom. The number of nitrogens with one attached hydrogen (secondary N) is 1. The number of hydrogen-bond donors (Lipinski definition) is 1. The molecule has 6 nitrogen and oxygen atoms in total. The zero-order chi connectivity index (χ0) is 21.6. The summed E-state index contributed by atoms with van der Waals surface area (Å²) in [5.74, 6) is 0.640. The summed E-state index contributed by atoms with van der Waals surface area (Å²) >= 11 is 0. The zero-order valence-corrected chi connectivity index (χ0v) is 18.1. The van der Waals surface area contributed by atoms with E-state index in [2.05, 4.69) is 22.5 Å². The van der Waals surface area contributed by atoms with Crippen LogP contribution in [0.15, 0.2) is 54.6 Å². The van der Waals surface area contributed by atoms with Gasteiger partial charge < -0.3 is 14.8 Å². The van der Waals surface area contributed by atoms with Crippen molar-refractivity contribution >= 4 is 5.91 Å². The van der Waals surface area contributed by atoms with Gasteiger partial charge in [-0.15, -0.1) is 0 Å². The Labute approximate surface area is 183 Å². The van der Waals surface area contributed by atoms with Gasteiger partial charge in [0.25, 0.3) is 5.91 Å². The molecule has 1 N–H and O–H groups in total. The van der Waals surface area contributed by atoms with E-state index in [0.29, 0.717) is 18.7 Å². The molecule has 1 aliphatic rings. The molecule has 3 aromatic rings. The van der Waals surface area contributed by atoms with Crippen LogP contribution < -0.4 is 10.1 Å². The molecule has 2 heterocycles. The lowest BCUT2D eigenvalue weighted by Gasteiger charge is -2.12. The molecule has 0 spiro atoms. The first-order valence-electron chi connectivity index (χ1n) is 10.8. The van der Waals surface area contributed by atoms with Gasteiger partial charge in [0.15, 0.2) is 0 Å². The van der Waals surface area contributed by atoms with Crippen LogP contribution in [0.4, 0.5) is 0 Å². The maximum atomic E-state index is 12.6. The fraction of sp³-hybridized carbons (Fsp3) is 0.360. The van der Waals surface area contributed by atoms with Crippen LogP contribution in [0.1, 0.15) is 45.7 Å². The number of rotatable bonds is 8. The lowest BCUT2D eigenvalue weighted by atomic mass is 10.1. The molecule has 0 saturated carbocycles. The summed E-state index contributed by atoms with van der Waals surface area (Å²) in [6.07, 6.45) is 2.32. The summed E-state index contributed by atoms with van der Waals surface area (Å²) in [6, 6.07) is 17.5. The number of amides is 1. The van der Waals surface area contributed by atoms with E-state index in [-0.39, 0.29) is 12.0 Å². The number of benzene rings is 2. The van der Waals surface area contributed by atoms with E-state index < -0.39 is 0 Å². The first-order chi connectivity index (χ1) is 15.1.